The van der Waals surface area contributed by atoms with Gasteiger partial charge in [-0.2, -0.15) is 0 Å². The van der Waals surface area contributed by atoms with Gasteiger partial charge in [0.1, 0.15) is 0 Å². The lowest BCUT2D eigenvalue weighted by atomic mass is 9.98. The summed E-state index contributed by atoms with van der Waals surface area (Å²) < 4.78 is 2.44. The Bertz CT molecular complexity index is 3080. The molecule has 11 aromatic rings. The minimum atomic E-state index is 0.888. The van der Waals surface area contributed by atoms with Gasteiger partial charge in [0.2, 0.25) is 0 Å². The first-order chi connectivity index (χ1) is 25.3. The Balaban J connectivity index is 1.19. The highest BCUT2D eigenvalue weighted by atomic mass is 15.0. The topological polar surface area (TPSA) is 30.7 Å². The lowest BCUT2D eigenvalue weighted by Crippen LogP contribution is -1.97. The van der Waals surface area contributed by atoms with Gasteiger partial charge in [0.15, 0.2) is 0 Å². The molecule has 9 aromatic carbocycles. The summed E-state index contributed by atoms with van der Waals surface area (Å²) in [6, 6.07) is 63.2. The van der Waals surface area contributed by atoms with Gasteiger partial charge in [-0.05, 0) is 80.2 Å². The van der Waals surface area contributed by atoms with Crippen molar-refractivity contribution in [3.05, 3.63) is 176 Å². The molecule has 3 nitrogen and oxygen atoms in total. The molecule has 0 aliphatic carbocycles. The summed E-state index contributed by atoms with van der Waals surface area (Å²) in [5.41, 5.74) is 9.24. The van der Waals surface area contributed by atoms with E-state index in [2.05, 4.69) is 168 Å². The van der Waals surface area contributed by atoms with Crippen LogP contribution in [-0.4, -0.2) is 14.5 Å². The zero-order valence-electron chi connectivity index (χ0n) is 27.6. The third-order valence-corrected chi connectivity index (χ3v) is 10.5. The summed E-state index contributed by atoms with van der Waals surface area (Å²) >= 11 is 0. The smallest absolute Gasteiger partial charge is 0.0979 e. The van der Waals surface area contributed by atoms with Crippen molar-refractivity contribution in [2.24, 2.45) is 0 Å². The number of hydrogen-bond donors (Lipinski definition) is 0. The Labute approximate surface area is 293 Å². The van der Waals surface area contributed by atoms with Crippen molar-refractivity contribution < 1.29 is 0 Å². The van der Waals surface area contributed by atoms with E-state index in [1.165, 1.54) is 54.1 Å². The molecule has 3 heteroatoms. The summed E-state index contributed by atoms with van der Waals surface area (Å²) in [7, 11) is 0. The highest BCUT2D eigenvalue weighted by molar-refractivity contribution is 6.20. The predicted octanol–water partition coefficient (Wildman–Crippen LogP) is 12.7. The van der Waals surface area contributed by atoms with Gasteiger partial charge in [-0.3, -0.25) is 0 Å². The average molecular weight is 648 g/mol. The van der Waals surface area contributed by atoms with Crippen LogP contribution < -0.4 is 0 Å². The molecule has 0 N–H and O–H groups in total. The third kappa shape index (κ3) is 4.32. The Morgan fingerprint density at radius 1 is 0.353 bits per heavy atom. The second kappa shape index (κ2) is 10.8. The molecule has 2 heterocycles. The number of hydrogen-bond acceptors (Lipinski definition) is 2. The van der Waals surface area contributed by atoms with Crippen LogP contribution in [0.4, 0.5) is 0 Å². The second-order valence-corrected chi connectivity index (χ2v) is 13.4. The Morgan fingerprint density at radius 2 is 0.863 bits per heavy atom. The van der Waals surface area contributed by atoms with E-state index in [-0.39, 0.29) is 0 Å². The van der Waals surface area contributed by atoms with Crippen molar-refractivity contribution in [2.45, 2.75) is 0 Å². The summed E-state index contributed by atoms with van der Waals surface area (Å²) in [6.07, 6.45) is 0. The van der Waals surface area contributed by atoms with Gasteiger partial charge in [-0.15, -0.1) is 0 Å². The van der Waals surface area contributed by atoms with Crippen LogP contribution in [0.5, 0.6) is 0 Å². The van der Waals surface area contributed by atoms with Crippen LogP contribution in [-0.2, 0) is 0 Å². The maximum atomic E-state index is 5.44. The lowest BCUT2D eigenvalue weighted by molar-refractivity contribution is 1.19. The molecule has 51 heavy (non-hydrogen) atoms. The van der Waals surface area contributed by atoms with E-state index in [1.807, 2.05) is 12.1 Å². The number of aromatic nitrogens is 3. The van der Waals surface area contributed by atoms with E-state index in [1.54, 1.807) is 0 Å². The first-order valence-corrected chi connectivity index (χ1v) is 17.4. The molecule has 0 amide bonds. The molecule has 0 atom stereocenters. The molecular weight excluding hydrogens is 619 g/mol. The highest BCUT2D eigenvalue weighted by Gasteiger charge is 2.18. The zero-order chi connectivity index (χ0) is 33.5. The fraction of sp³-hybridized carbons (Fsp3) is 0. The van der Waals surface area contributed by atoms with Gasteiger partial charge in [-0.1, -0.05) is 133 Å². The van der Waals surface area contributed by atoms with Gasteiger partial charge in [-0.25, -0.2) is 9.97 Å². The van der Waals surface area contributed by atoms with Gasteiger partial charge in [0, 0.05) is 33.0 Å². The van der Waals surface area contributed by atoms with Gasteiger partial charge < -0.3 is 4.57 Å². The van der Waals surface area contributed by atoms with Crippen molar-refractivity contribution in [3.63, 3.8) is 0 Å². The Morgan fingerprint density at radius 3 is 1.47 bits per heavy atom. The lowest BCUT2D eigenvalue weighted by Gasteiger charge is -2.14. The van der Waals surface area contributed by atoms with E-state index in [4.69, 9.17) is 9.97 Å². The molecular formula is C48H29N3. The third-order valence-electron chi connectivity index (χ3n) is 10.5. The van der Waals surface area contributed by atoms with Crippen LogP contribution in [0.25, 0.3) is 104 Å². The van der Waals surface area contributed by atoms with Gasteiger partial charge in [0.05, 0.1) is 33.5 Å². The summed E-state index contributed by atoms with van der Waals surface area (Å²) in [5.74, 6) is 0. The molecule has 0 spiro atoms. The van der Waals surface area contributed by atoms with Crippen molar-refractivity contribution in [3.8, 4) is 28.2 Å². The standard InChI is InChI=1S/C48H29N3/c1-3-11-31(12-4-1)46-47(32-13-5-2-6-14-32)50-48-42(49-46)24-21-30-19-20-37-25-38(22-23-39(37)45(30)48)51-43-28-35-17-9-7-15-33(35)26-40(43)41-27-34-16-8-10-18-36(34)29-44(41)51/h1-29H. The molecule has 0 aliphatic rings. The molecule has 0 unspecified atom stereocenters. The molecule has 11 rings (SSSR count). The predicted molar refractivity (Wildman–Crippen MR) is 215 cm³/mol. The fourth-order valence-corrected chi connectivity index (χ4v) is 8.05. The second-order valence-electron chi connectivity index (χ2n) is 13.4. The minimum Gasteiger partial charge on any atom is -0.309 e. The maximum absolute atomic E-state index is 5.44. The zero-order valence-corrected chi connectivity index (χ0v) is 27.6. The van der Waals surface area contributed by atoms with Crippen LogP contribution in [0, 0.1) is 0 Å². The normalized spacial score (nSPS) is 11.9. The maximum Gasteiger partial charge on any atom is 0.0979 e. The van der Waals surface area contributed by atoms with Gasteiger partial charge >= 0.3 is 0 Å². The van der Waals surface area contributed by atoms with Crippen LogP contribution in [0.15, 0.2) is 176 Å². The monoisotopic (exact) mass is 647 g/mol. The number of nitrogens with zero attached hydrogens (tertiary/aromatic N) is 3. The van der Waals surface area contributed by atoms with Crippen molar-refractivity contribution in [1.29, 1.82) is 0 Å². The molecule has 0 fully saturated rings. The Kier molecular flexibility index (Phi) is 5.96. The molecule has 0 saturated heterocycles. The van der Waals surface area contributed by atoms with Crippen LogP contribution in [0.3, 0.4) is 0 Å². The fourth-order valence-electron chi connectivity index (χ4n) is 8.05. The van der Waals surface area contributed by atoms with Gasteiger partial charge in [0.25, 0.3) is 0 Å². The number of rotatable bonds is 3. The van der Waals surface area contributed by atoms with E-state index in [0.29, 0.717) is 0 Å². The molecule has 0 bridgehead atoms. The van der Waals surface area contributed by atoms with Crippen molar-refractivity contribution >= 4 is 75.9 Å². The van der Waals surface area contributed by atoms with E-state index in [9.17, 15) is 0 Å². The van der Waals surface area contributed by atoms with Crippen LogP contribution >= 0.6 is 0 Å². The first kappa shape index (κ1) is 28.0. The molecule has 236 valence electrons. The van der Waals surface area contributed by atoms with E-state index < -0.39 is 0 Å². The quantitative estimate of drug-likeness (QED) is 0.179. The number of benzene rings is 9. The molecule has 0 aliphatic heterocycles. The van der Waals surface area contributed by atoms with E-state index >= 15 is 0 Å². The van der Waals surface area contributed by atoms with Crippen molar-refractivity contribution in [2.75, 3.05) is 0 Å². The van der Waals surface area contributed by atoms with Crippen LogP contribution in [0.2, 0.25) is 0 Å². The summed E-state index contributed by atoms with van der Waals surface area (Å²) in [5, 5.41) is 12.1. The van der Waals surface area contributed by atoms with E-state index in [0.717, 1.165) is 50.0 Å². The molecule has 0 radical (unpaired) electrons. The molecule has 0 saturated carbocycles. The molecule has 2 aromatic heterocycles. The number of fused-ring (bicyclic) bond motifs is 10. The largest absolute Gasteiger partial charge is 0.309 e. The average Bonchev–Trinajstić information content (AvgIpc) is 3.50. The van der Waals surface area contributed by atoms with Crippen molar-refractivity contribution in [1.82, 2.24) is 14.5 Å². The summed E-state index contributed by atoms with van der Waals surface area (Å²) in [4.78, 5) is 10.7. The van der Waals surface area contributed by atoms with Crippen LogP contribution in [0.1, 0.15) is 0 Å². The first-order valence-electron chi connectivity index (χ1n) is 17.4. The minimum absolute atomic E-state index is 0.888. The SMILES string of the molecule is c1ccc(-c2nc3ccc4ccc5cc(-n6c7cc8ccccc8cc7c7cc8ccccc8cc76)ccc5c4c3nc2-c2ccccc2)cc1. The highest BCUT2D eigenvalue weighted by Crippen LogP contribution is 2.40. The Hall–Kier alpha value is -6.84. The summed E-state index contributed by atoms with van der Waals surface area (Å²) in [6.45, 7) is 0.